The molecular weight excluding hydrogens is 266 g/mol. The third-order valence-corrected chi connectivity index (χ3v) is 2.78. The van der Waals surface area contributed by atoms with Gasteiger partial charge in [0.05, 0.1) is 0 Å². The van der Waals surface area contributed by atoms with E-state index in [0.717, 1.165) is 5.56 Å². The highest BCUT2D eigenvalue weighted by atomic mass is 19.3. The largest absolute Gasteiger partial charge is 0.487 e. The van der Waals surface area contributed by atoms with Crippen molar-refractivity contribution in [2.45, 2.75) is 20.3 Å². The van der Waals surface area contributed by atoms with E-state index in [1.807, 2.05) is 0 Å². The van der Waals surface area contributed by atoms with E-state index in [1.165, 1.54) is 0 Å². The number of carbonyl (C=O) groups is 1. The van der Waals surface area contributed by atoms with Crippen molar-refractivity contribution in [3.05, 3.63) is 23.8 Å². The second-order valence-corrected chi connectivity index (χ2v) is 4.63. The van der Waals surface area contributed by atoms with Gasteiger partial charge in [0, 0.05) is 24.2 Å². The van der Waals surface area contributed by atoms with Crippen LogP contribution in [0.5, 0.6) is 5.75 Å². The molecular formula is C14H20F2N2O2. The van der Waals surface area contributed by atoms with Crippen LogP contribution in [0.15, 0.2) is 18.2 Å². The Kier molecular flexibility index (Phi) is 6.38. The summed E-state index contributed by atoms with van der Waals surface area (Å²) in [4.78, 5) is 11.9. The number of amides is 1. The van der Waals surface area contributed by atoms with Gasteiger partial charge in [-0.15, -0.1) is 0 Å². The Balaban J connectivity index is 2.71. The third kappa shape index (κ3) is 5.13. The zero-order valence-electron chi connectivity index (χ0n) is 11.9. The Labute approximate surface area is 117 Å². The minimum atomic E-state index is -2.52. The predicted octanol–water partition coefficient (Wildman–Crippen LogP) is 2.43. The quantitative estimate of drug-likeness (QED) is 0.809. The van der Waals surface area contributed by atoms with Gasteiger partial charge in [-0.1, -0.05) is 13.0 Å². The molecule has 1 amide bonds. The fourth-order valence-corrected chi connectivity index (χ4v) is 1.65. The van der Waals surface area contributed by atoms with Crippen molar-refractivity contribution in [3.8, 4) is 5.75 Å². The van der Waals surface area contributed by atoms with Crippen molar-refractivity contribution in [2.24, 2.45) is 5.92 Å². The number of alkyl halides is 2. The number of nitrogens with one attached hydrogen (secondary N) is 2. The topological polar surface area (TPSA) is 50.4 Å². The number of halogens is 2. The van der Waals surface area contributed by atoms with E-state index < -0.39 is 13.0 Å². The maximum absolute atomic E-state index is 12.2. The van der Waals surface area contributed by atoms with Crippen LogP contribution in [0.4, 0.5) is 14.5 Å². The fourth-order valence-electron chi connectivity index (χ4n) is 1.65. The van der Waals surface area contributed by atoms with Gasteiger partial charge in [0.2, 0.25) is 5.91 Å². The maximum Gasteiger partial charge on any atom is 0.272 e. The molecule has 0 radical (unpaired) electrons. The van der Waals surface area contributed by atoms with E-state index in [9.17, 15) is 13.6 Å². The summed E-state index contributed by atoms with van der Waals surface area (Å²) in [7, 11) is 1.77. The molecule has 0 saturated carbocycles. The lowest BCUT2D eigenvalue weighted by atomic mass is 10.1. The number of hydrogen-bond acceptors (Lipinski definition) is 3. The second kappa shape index (κ2) is 7.79. The summed E-state index contributed by atoms with van der Waals surface area (Å²) >= 11 is 0. The van der Waals surface area contributed by atoms with Gasteiger partial charge in [-0.05, 0) is 25.6 Å². The molecule has 0 aliphatic rings. The minimum Gasteiger partial charge on any atom is -0.487 e. The van der Waals surface area contributed by atoms with Crippen molar-refractivity contribution in [1.29, 1.82) is 0 Å². The lowest BCUT2D eigenvalue weighted by Crippen LogP contribution is -2.28. The molecule has 0 heterocycles. The molecule has 0 bridgehead atoms. The summed E-state index contributed by atoms with van der Waals surface area (Å²) in [6, 6.07) is 5.00. The van der Waals surface area contributed by atoms with Crippen LogP contribution in [0.1, 0.15) is 12.5 Å². The first kappa shape index (κ1) is 16.4. The minimum absolute atomic E-state index is 0.136. The third-order valence-electron chi connectivity index (χ3n) is 2.78. The van der Waals surface area contributed by atoms with Crippen LogP contribution in [-0.4, -0.2) is 32.5 Å². The zero-order valence-corrected chi connectivity index (χ0v) is 11.9. The van der Waals surface area contributed by atoms with E-state index >= 15 is 0 Å². The molecule has 0 fully saturated rings. The van der Waals surface area contributed by atoms with Crippen molar-refractivity contribution in [3.63, 3.8) is 0 Å². The van der Waals surface area contributed by atoms with E-state index in [-0.39, 0.29) is 11.8 Å². The van der Waals surface area contributed by atoms with Crippen molar-refractivity contribution < 1.29 is 18.3 Å². The zero-order chi connectivity index (χ0) is 15.1. The number of ether oxygens (including phenoxy) is 1. The molecule has 112 valence electrons. The fraction of sp³-hybridized carbons (Fsp3) is 0.500. The Hall–Kier alpha value is -1.69. The van der Waals surface area contributed by atoms with Gasteiger partial charge in [-0.25, -0.2) is 8.78 Å². The van der Waals surface area contributed by atoms with Gasteiger partial charge >= 0.3 is 0 Å². The van der Waals surface area contributed by atoms with Gasteiger partial charge in [0.25, 0.3) is 6.43 Å². The normalized spacial score (nSPS) is 12.3. The molecule has 1 aromatic rings. The number of benzene rings is 1. The summed E-state index contributed by atoms with van der Waals surface area (Å²) in [5.74, 6) is 0.0270. The van der Waals surface area contributed by atoms with E-state index in [4.69, 9.17) is 4.74 Å². The van der Waals surface area contributed by atoms with Crippen molar-refractivity contribution in [1.82, 2.24) is 5.32 Å². The van der Waals surface area contributed by atoms with Gasteiger partial charge in [-0.3, -0.25) is 4.79 Å². The predicted molar refractivity (Wildman–Crippen MR) is 74.4 cm³/mol. The first-order valence-electron chi connectivity index (χ1n) is 6.41. The highest BCUT2D eigenvalue weighted by Gasteiger charge is 2.13. The van der Waals surface area contributed by atoms with Crippen LogP contribution in [0.25, 0.3) is 0 Å². The van der Waals surface area contributed by atoms with Crippen molar-refractivity contribution >= 4 is 11.6 Å². The first-order chi connectivity index (χ1) is 9.43. The molecule has 1 aromatic carbocycles. The lowest BCUT2D eigenvalue weighted by Gasteiger charge is -2.14. The van der Waals surface area contributed by atoms with Crippen molar-refractivity contribution in [2.75, 3.05) is 25.5 Å². The molecule has 0 aliphatic heterocycles. The molecule has 0 saturated heterocycles. The average molecular weight is 286 g/mol. The standard InChI is InChI=1S/C14H20F2N2O2/c1-9-4-5-11(6-12(9)20-8-13(15)16)18-14(19)10(2)7-17-3/h4-6,10,13,17H,7-8H2,1-3H3,(H,18,19). The van der Waals surface area contributed by atoms with Crippen LogP contribution >= 0.6 is 0 Å². The molecule has 6 heteroatoms. The van der Waals surface area contributed by atoms with Gasteiger partial charge in [0.15, 0.2) is 0 Å². The summed E-state index contributed by atoms with van der Waals surface area (Å²) < 4.78 is 29.3. The molecule has 1 unspecified atom stereocenters. The number of anilines is 1. The second-order valence-electron chi connectivity index (χ2n) is 4.63. The van der Waals surface area contributed by atoms with E-state index in [1.54, 1.807) is 39.1 Å². The Bertz CT molecular complexity index is 453. The van der Waals surface area contributed by atoms with Gasteiger partial charge in [-0.2, -0.15) is 0 Å². The molecule has 20 heavy (non-hydrogen) atoms. The maximum atomic E-state index is 12.2. The molecule has 0 aromatic heterocycles. The van der Waals surface area contributed by atoms with Crippen LogP contribution in [0, 0.1) is 12.8 Å². The smallest absolute Gasteiger partial charge is 0.272 e. The highest BCUT2D eigenvalue weighted by Crippen LogP contribution is 2.23. The molecule has 4 nitrogen and oxygen atoms in total. The monoisotopic (exact) mass is 286 g/mol. The Morgan fingerprint density at radius 1 is 1.40 bits per heavy atom. The lowest BCUT2D eigenvalue weighted by molar-refractivity contribution is -0.119. The number of carbonyl (C=O) groups excluding carboxylic acids is 1. The van der Waals surface area contributed by atoms with E-state index in [2.05, 4.69) is 10.6 Å². The molecule has 1 rings (SSSR count). The summed E-state index contributed by atoms with van der Waals surface area (Å²) in [5.41, 5.74) is 1.28. The Morgan fingerprint density at radius 3 is 2.70 bits per heavy atom. The van der Waals surface area contributed by atoms with E-state index in [0.29, 0.717) is 18.0 Å². The van der Waals surface area contributed by atoms with Crippen LogP contribution in [-0.2, 0) is 4.79 Å². The SMILES string of the molecule is CNCC(C)C(=O)Nc1ccc(C)c(OCC(F)F)c1. The van der Waals surface area contributed by atoms with Crippen LogP contribution in [0.2, 0.25) is 0 Å². The number of hydrogen-bond donors (Lipinski definition) is 2. The van der Waals surface area contributed by atoms with Gasteiger partial charge < -0.3 is 15.4 Å². The molecule has 0 spiro atoms. The Morgan fingerprint density at radius 2 is 2.10 bits per heavy atom. The molecule has 0 aliphatic carbocycles. The first-order valence-corrected chi connectivity index (χ1v) is 6.41. The number of aryl methyl sites for hydroxylation is 1. The van der Waals surface area contributed by atoms with Gasteiger partial charge in [0.1, 0.15) is 12.4 Å². The summed E-state index contributed by atoms with van der Waals surface area (Å²) in [6.45, 7) is 3.46. The highest BCUT2D eigenvalue weighted by molar-refractivity contribution is 5.92. The average Bonchev–Trinajstić information content (AvgIpc) is 2.39. The number of rotatable bonds is 7. The van der Waals surface area contributed by atoms with Crippen LogP contribution < -0.4 is 15.4 Å². The summed E-state index contributed by atoms with van der Waals surface area (Å²) in [6.07, 6.45) is -2.52. The molecule has 1 atom stereocenters. The van der Waals surface area contributed by atoms with Crippen LogP contribution in [0.3, 0.4) is 0 Å². The summed E-state index contributed by atoms with van der Waals surface area (Å²) in [5, 5.41) is 5.65. The molecule has 2 N–H and O–H groups in total.